The first-order chi connectivity index (χ1) is 5.93. The number of hydrogen-bond donors (Lipinski definition) is 4. The first kappa shape index (κ1) is 10.1. The minimum absolute atomic E-state index is 0.748. The maximum absolute atomic E-state index is 10.9. The van der Waals surface area contributed by atoms with Gasteiger partial charge in [-0.1, -0.05) is 0 Å². The van der Waals surface area contributed by atoms with E-state index in [2.05, 4.69) is 4.74 Å². The van der Waals surface area contributed by atoms with E-state index < -0.39 is 36.4 Å². The van der Waals surface area contributed by atoms with E-state index in [1.807, 2.05) is 0 Å². The Morgan fingerprint density at radius 2 is 2.15 bits per heavy atom. The normalized spacial score (nSPS) is 39.5. The molecular weight excluding hydrogens is 184 g/mol. The van der Waals surface area contributed by atoms with Crippen LogP contribution in [0.25, 0.3) is 0 Å². The first-order valence-electron chi connectivity index (χ1n) is 3.40. The van der Waals surface area contributed by atoms with Crippen molar-refractivity contribution in [1.29, 1.82) is 0 Å². The van der Waals surface area contributed by atoms with Crippen molar-refractivity contribution in [1.82, 2.24) is 0 Å². The Balaban J connectivity index is 2.94. The molecule has 7 nitrogen and oxygen atoms in total. The number of carboxylic acid groups (broad SMARTS) is 1. The van der Waals surface area contributed by atoms with Gasteiger partial charge in [0.2, 0.25) is 5.78 Å². The van der Waals surface area contributed by atoms with Crippen LogP contribution in [0.3, 0.4) is 0 Å². The SMILES string of the molecule is O=C(O)C1(O)O[C@@H](CO)[C@@H](O)C1=O. The van der Waals surface area contributed by atoms with Gasteiger partial charge in [-0.05, 0) is 0 Å². The highest BCUT2D eigenvalue weighted by Gasteiger charge is 2.58. The van der Waals surface area contributed by atoms with Crippen LogP contribution in [-0.2, 0) is 14.3 Å². The summed E-state index contributed by atoms with van der Waals surface area (Å²) >= 11 is 0. The van der Waals surface area contributed by atoms with Crippen molar-refractivity contribution >= 4 is 11.8 Å². The van der Waals surface area contributed by atoms with Crippen LogP contribution in [0.15, 0.2) is 0 Å². The number of carbonyl (C=O) groups is 2. The van der Waals surface area contributed by atoms with E-state index >= 15 is 0 Å². The molecular formula is C6H8O7. The molecule has 1 aliphatic heterocycles. The third-order valence-electron chi connectivity index (χ3n) is 1.75. The molecule has 0 amide bonds. The lowest BCUT2D eigenvalue weighted by atomic mass is 10.1. The van der Waals surface area contributed by atoms with Crippen LogP contribution in [0, 0.1) is 0 Å². The molecule has 7 heteroatoms. The van der Waals surface area contributed by atoms with E-state index in [9.17, 15) is 9.59 Å². The molecule has 13 heavy (non-hydrogen) atoms. The highest BCUT2D eigenvalue weighted by molar-refractivity contribution is 6.08. The fraction of sp³-hybridized carbons (Fsp3) is 0.667. The van der Waals surface area contributed by atoms with Gasteiger partial charge in [-0.3, -0.25) is 4.79 Å². The maximum Gasteiger partial charge on any atom is 0.372 e. The second-order valence-electron chi connectivity index (χ2n) is 2.60. The molecule has 1 heterocycles. The number of aliphatic hydroxyl groups is 3. The zero-order chi connectivity index (χ0) is 10.2. The van der Waals surface area contributed by atoms with Crippen LogP contribution in [0.4, 0.5) is 0 Å². The number of ether oxygens (including phenoxy) is 1. The monoisotopic (exact) mass is 192 g/mol. The minimum Gasteiger partial charge on any atom is -0.477 e. The summed E-state index contributed by atoms with van der Waals surface area (Å²) in [5, 5.41) is 35.0. The van der Waals surface area contributed by atoms with Crippen LogP contribution in [0.2, 0.25) is 0 Å². The number of aliphatic carboxylic acids is 1. The predicted molar refractivity (Wildman–Crippen MR) is 35.6 cm³/mol. The Labute approximate surface area is 72.2 Å². The summed E-state index contributed by atoms with van der Waals surface area (Å²) in [7, 11) is 0. The molecule has 0 radical (unpaired) electrons. The molecule has 1 aliphatic rings. The van der Waals surface area contributed by atoms with E-state index in [4.69, 9.17) is 20.4 Å². The van der Waals surface area contributed by atoms with Crippen LogP contribution in [0.5, 0.6) is 0 Å². The number of hydrogen-bond acceptors (Lipinski definition) is 6. The van der Waals surface area contributed by atoms with Gasteiger partial charge in [0, 0.05) is 0 Å². The van der Waals surface area contributed by atoms with Gasteiger partial charge in [0.05, 0.1) is 6.61 Å². The van der Waals surface area contributed by atoms with Crippen molar-refractivity contribution in [3.05, 3.63) is 0 Å². The first-order valence-corrected chi connectivity index (χ1v) is 3.40. The fourth-order valence-corrected chi connectivity index (χ4v) is 1.00. The fourth-order valence-electron chi connectivity index (χ4n) is 1.00. The zero-order valence-corrected chi connectivity index (χ0v) is 6.38. The summed E-state index contributed by atoms with van der Waals surface area (Å²) in [6, 6.07) is 0. The second kappa shape index (κ2) is 3.04. The van der Waals surface area contributed by atoms with E-state index in [1.54, 1.807) is 0 Å². The molecule has 1 unspecified atom stereocenters. The molecule has 1 saturated heterocycles. The molecule has 0 aliphatic carbocycles. The van der Waals surface area contributed by atoms with Crippen molar-refractivity contribution in [2.75, 3.05) is 6.61 Å². The average Bonchev–Trinajstić information content (AvgIpc) is 2.31. The molecule has 0 aromatic carbocycles. The number of ketones is 1. The lowest BCUT2D eigenvalue weighted by molar-refractivity contribution is -0.216. The Morgan fingerprint density at radius 3 is 2.38 bits per heavy atom. The molecule has 0 aromatic heterocycles. The third kappa shape index (κ3) is 1.31. The summed E-state index contributed by atoms with van der Waals surface area (Å²) in [5.74, 6) is -6.32. The quantitative estimate of drug-likeness (QED) is 0.345. The van der Waals surface area contributed by atoms with Crippen LogP contribution >= 0.6 is 0 Å². The highest BCUT2D eigenvalue weighted by atomic mass is 16.7. The van der Waals surface area contributed by atoms with Crippen molar-refractivity contribution in [2.24, 2.45) is 0 Å². The molecule has 74 valence electrons. The molecule has 0 spiro atoms. The Kier molecular flexibility index (Phi) is 2.35. The highest BCUT2D eigenvalue weighted by Crippen LogP contribution is 2.25. The minimum atomic E-state index is -3.03. The van der Waals surface area contributed by atoms with E-state index in [-0.39, 0.29) is 0 Å². The molecule has 1 fully saturated rings. The standard InChI is InChI=1S/C6H8O7/c7-1-2-3(8)4(9)6(12,13-2)5(10)11/h2-3,7-8,12H,1H2,(H,10,11)/t2-,3+,6?/m0/s1. The van der Waals surface area contributed by atoms with Gasteiger partial charge < -0.3 is 25.2 Å². The van der Waals surface area contributed by atoms with Gasteiger partial charge in [-0.25, -0.2) is 4.79 Å². The van der Waals surface area contributed by atoms with Gasteiger partial charge in [0.25, 0.3) is 0 Å². The van der Waals surface area contributed by atoms with Gasteiger partial charge in [0.15, 0.2) is 0 Å². The topological polar surface area (TPSA) is 124 Å². The van der Waals surface area contributed by atoms with Crippen molar-refractivity contribution in [3.63, 3.8) is 0 Å². The molecule has 0 bridgehead atoms. The number of rotatable bonds is 2. The van der Waals surface area contributed by atoms with Gasteiger partial charge in [-0.2, -0.15) is 0 Å². The molecule has 3 atom stereocenters. The van der Waals surface area contributed by atoms with Crippen LogP contribution in [-0.4, -0.2) is 56.8 Å². The molecule has 0 aromatic rings. The van der Waals surface area contributed by atoms with Crippen molar-refractivity contribution in [2.45, 2.75) is 18.0 Å². The summed E-state index contributed by atoms with van der Waals surface area (Å²) in [5.41, 5.74) is 0. The maximum atomic E-state index is 10.9. The summed E-state index contributed by atoms with van der Waals surface area (Å²) in [6.45, 7) is -0.748. The molecule has 1 rings (SSSR count). The van der Waals surface area contributed by atoms with Crippen molar-refractivity contribution < 1.29 is 34.8 Å². The molecule has 4 N–H and O–H groups in total. The number of carbonyl (C=O) groups excluding carboxylic acids is 1. The van der Waals surface area contributed by atoms with Crippen molar-refractivity contribution in [3.8, 4) is 0 Å². The van der Waals surface area contributed by atoms with Gasteiger partial charge in [0.1, 0.15) is 12.2 Å². The third-order valence-corrected chi connectivity index (χ3v) is 1.75. The van der Waals surface area contributed by atoms with Gasteiger partial charge >= 0.3 is 11.8 Å². The summed E-state index contributed by atoms with van der Waals surface area (Å²) in [6.07, 6.45) is -3.21. The van der Waals surface area contributed by atoms with E-state index in [1.165, 1.54) is 0 Å². The lowest BCUT2D eigenvalue weighted by Crippen LogP contribution is -2.46. The van der Waals surface area contributed by atoms with Gasteiger partial charge in [-0.15, -0.1) is 0 Å². The Hall–Kier alpha value is -1.02. The van der Waals surface area contributed by atoms with Crippen LogP contribution < -0.4 is 0 Å². The Bertz CT molecular complexity index is 249. The van der Waals surface area contributed by atoms with E-state index in [0.717, 1.165) is 0 Å². The number of Topliss-reactive ketones (excluding diaryl/α,β-unsaturated/α-hetero) is 1. The number of carboxylic acids is 1. The second-order valence-corrected chi connectivity index (χ2v) is 2.60. The smallest absolute Gasteiger partial charge is 0.372 e. The molecule has 0 saturated carbocycles. The Morgan fingerprint density at radius 1 is 1.62 bits per heavy atom. The predicted octanol–water partition coefficient (Wildman–Crippen LogP) is -2.92. The van der Waals surface area contributed by atoms with Crippen LogP contribution in [0.1, 0.15) is 0 Å². The zero-order valence-electron chi connectivity index (χ0n) is 6.38. The summed E-state index contributed by atoms with van der Waals surface area (Å²) in [4.78, 5) is 21.3. The lowest BCUT2D eigenvalue weighted by Gasteiger charge is -2.14. The summed E-state index contributed by atoms with van der Waals surface area (Å²) < 4.78 is 4.29. The average molecular weight is 192 g/mol. The van der Waals surface area contributed by atoms with E-state index in [0.29, 0.717) is 0 Å². The largest absolute Gasteiger partial charge is 0.477 e. The number of aliphatic hydroxyl groups excluding tert-OH is 2.